The van der Waals surface area contributed by atoms with E-state index >= 15 is 0 Å². The summed E-state index contributed by atoms with van der Waals surface area (Å²) in [4.78, 5) is 10.3. The molecule has 2 rings (SSSR count). The molecule has 1 aliphatic heterocycles. The molecule has 0 amide bonds. The fraction of sp³-hybridized carbons (Fsp3) is 0.571. The standard InChI is InChI=1S/C7H10N4O2/c12-5-7-8-3-6(13-7)4-11-2-1-9-10-11/h1-2,5-8H,3-4H2. The predicted octanol–water partition coefficient (Wildman–Crippen LogP) is -1.21. The molecule has 0 saturated carbocycles. The lowest BCUT2D eigenvalue weighted by molar-refractivity contribution is -0.118. The molecule has 0 aromatic carbocycles. The molecule has 0 radical (unpaired) electrons. The molecule has 0 aliphatic carbocycles. The fourth-order valence-corrected chi connectivity index (χ4v) is 1.28. The van der Waals surface area contributed by atoms with E-state index < -0.39 is 6.23 Å². The number of hydrogen-bond donors (Lipinski definition) is 1. The zero-order valence-electron chi connectivity index (χ0n) is 6.96. The summed E-state index contributed by atoms with van der Waals surface area (Å²) >= 11 is 0. The number of nitrogens with one attached hydrogen (secondary N) is 1. The zero-order chi connectivity index (χ0) is 9.10. The van der Waals surface area contributed by atoms with Gasteiger partial charge in [0.05, 0.1) is 18.8 Å². The van der Waals surface area contributed by atoms with E-state index in [2.05, 4.69) is 15.6 Å². The van der Waals surface area contributed by atoms with Crippen LogP contribution in [-0.2, 0) is 16.1 Å². The SMILES string of the molecule is O=CC1NCC(Cn2ccnn2)O1. The van der Waals surface area contributed by atoms with E-state index in [1.807, 2.05) is 0 Å². The van der Waals surface area contributed by atoms with E-state index in [9.17, 15) is 4.79 Å². The second kappa shape index (κ2) is 3.63. The van der Waals surface area contributed by atoms with Gasteiger partial charge in [0.1, 0.15) is 0 Å². The van der Waals surface area contributed by atoms with Gasteiger partial charge in [0.15, 0.2) is 12.5 Å². The van der Waals surface area contributed by atoms with Crippen LogP contribution in [-0.4, -0.2) is 40.2 Å². The lowest BCUT2D eigenvalue weighted by Crippen LogP contribution is -2.23. The van der Waals surface area contributed by atoms with Gasteiger partial charge in [-0.15, -0.1) is 5.10 Å². The molecule has 0 bridgehead atoms. The van der Waals surface area contributed by atoms with Crippen molar-refractivity contribution < 1.29 is 9.53 Å². The Morgan fingerprint density at radius 2 is 2.69 bits per heavy atom. The van der Waals surface area contributed by atoms with E-state index in [1.54, 1.807) is 17.1 Å². The first-order chi connectivity index (χ1) is 6.38. The highest BCUT2D eigenvalue weighted by Gasteiger charge is 2.24. The van der Waals surface area contributed by atoms with E-state index in [4.69, 9.17) is 4.74 Å². The molecule has 70 valence electrons. The van der Waals surface area contributed by atoms with Gasteiger partial charge in [-0.05, 0) is 0 Å². The Bertz CT molecular complexity index is 274. The van der Waals surface area contributed by atoms with Crippen molar-refractivity contribution in [1.82, 2.24) is 20.3 Å². The topological polar surface area (TPSA) is 69.0 Å². The second-order valence-corrected chi connectivity index (χ2v) is 2.85. The van der Waals surface area contributed by atoms with Crippen molar-refractivity contribution in [2.75, 3.05) is 6.54 Å². The first-order valence-electron chi connectivity index (χ1n) is 4.07. The van der Waals surface area contributed by atoms with Crippen LogP contribution in [0, 0.1) is 0 Å². The minimum absolute atomic E-state index is 0.00287. The molecule has 1 aromatic rings. The molecular formula is C7H10N4O2. The first kappa shape index (κ1) is 8.33. The Balaban J connectivity index is 1.87. The molecule has 1 saturated heterocycles. The van der Waals surface area contributed by atoms with Gasteiger partial charge in [0, 0.05) is 12.7 Å². The number of nitrogens with zero attached hydrogens (tertiary/aromatic N) is 3. The number of ether oxygens (including phenoxy) is 1. The van der Waals surface area contributed by atoms with Crippen molar-refractivity contribution in [1.29, 1.82) is 0 Å². The molecule has 2 unspecified atom stereocenters. The van der Waals surface area contributed by atoms with E-state index in [0.29, 0.717) is 13.1 Å². The summed E-state index contributed by atoms with van der Waals surface area (Å²) in [7, 11) is 0. The highest BCUT2D eigenvalue weighted by molar-refractivity contribution is 5.55. The summed E-state index contributed by atoms with van der Waals surface area (Å²) in [6, 6.07) is 0. The van der Waals surface area contributed by atoms with Crippen molar-refractivity contribution in [3.8, 4) is 0 Å². The number of carbonyl (C=O) groups is 1. The van der Waals surface area contributed by atoms with Crippen LogP contribution in [0.1, 0.15) is 0 Å². The van der Waals surface area contributed by atoms with Crippen molar-refractivity contribution in [3.63, 3.8) is 0 Å². The van der Waals surface area contributed by atoms with E-state index in [0.717, 1.165) is 6.29 Å². The molecule has 1 aliphatic rings. The summed E-state index contributed by atoms with van der Waals surface area (Å²) in [5, 5.41) is 10.4. The van der Waals surface area contributed by atoms with Gasteiger partial charge in [0.2, 0.25) is 0 Å². The normalized spacial score (nSPS) is 27.7. The minimum Gasteiger partial charge on any atom is -0.350 e. The molecule has 6 nitrogen and oxygen atoms in total. The largest absolute Gasteiger partial charge is 0.350 e. The highest BCUT2D eigenvalue weighted by Crippen LogP contribution is 2.04. The van der Waals surface area contributed by atoms with Crippen LogP contribution in [0.3, 0.4) is 0 Å². The maximum absolute atomic E-state index is 10.3. The molecular weight excluding hydrogens is 172 g/mol. The number of rotatable bonds is 3. The molecule has 0 spiro atoms. The van der Waals surface area contributed by atoms with Crippen LogP contribution in [0.15, 0.2) is 12.4 Å². The molecule has 2 atom stereocenters. The molecule has 1 fully saturated rings. The Hall–Kier alpha value is -1.27. The zero-order valence-corrected chi connectivity index (χ0v) is 6.96. The third-order valence-electron chi connectivity index (χ3n) is 1.87. The summed E-state index contributed by atoms with van der Waals surface area (Å²) in [5.74, 6) is 0. The van der Waals surface area contributed by atoms with E-state index in [-0.39, 0.29) is 6.10 Å². The van der Waals surface area contributed by atoms with Gasteiger partial charge in [0.25, 0.3) is 0 Å². The summed E-state index contributed by atoms with van der Waals surface area (Å²) in [5.41, 5.74) is 0. The Labute approximate surface area is 74.9 Å². The monoisotopic (exact) mass is 182 g/mol. The minimum atomic E-state index is -0.464. The van der Waals surface area contributed by atoms with Gasteiger partial charge in [-0.25, -0.2) is 4.68 Å². The maximum atomic E-state index is 10.3. The van der Waals surface area contributed by atoms with Crippen LogP contribution < -0.4 is 5.32 Å². The van der Waals surface area contributed by atoms with E-state index in [1.165, 1.54) is 0 Å². The molecule has 13 heavy (non-hydrogen) atoms. The third kappa shape index (κ3) is 1.90. The Morgan fingerprint density at radius 3 is 3.31 bits per heavy atom. The number of aromatic nitrogens is 3. The highest BCUT2D eigenvalue weighted by atomic mass is 16.5. The smallest absolute Gasteiger partial charge is 0.165 e. The van der Waals surface area contributed by atoms with Crippen molar-refractivity contribution in [3.05, 3.63) is 12.4 Å². The van der Waals surface area contributed by atoms with Crippen LogP contribution in [0.2, 0.25) is 0 Å². The van der Waals surface area contributed by atoms with Crippen LogP contribution in [0.4, 0.5) is 0 Å². The lowest BCUT2D eigenvalue weighted by Gasteiger charge is -2.07. The van der Waals surface area contributed by atoms with Gasteiger partial charge >= 0.3 is 0 Å². The Morgan fingerprint density at radius 1 is 1.77 bits per heavy atom. The summed E-state index contributed by atoms with van der Waals surface area (Å²) < 4.78 is 7.00. The number of carbonyl (C=O) groups excluding carboxylic acids is 1. The van der Waals surface area contributed by atoms with Crippen molar-refractivity contribution in [2.45, 2.75) is 18.9 Å². The van der Waals surface area contributed by atoms with Gasteiger partial charge in [-0.1, -0.05) is 5.21 Å². The van der Waals surface area contributed by atoms with Gasteiger partial charge in [-0.3, -0.25) is 10.1 Å². The van der Waals surface area contributed by atoms with Crippen molar-refractivity contribution >= 4 is 6.29 Å². The average Bonchev–Trinajstić information content (AvgIpc) is 2.76. The van der Waals surface area contributed by atoms with Crippen LogP contribution >= 0.6 is 0 Å². The second-order valence-electron chi connectivity index (χ2n) is 2.85. The third-order valence-corrected chi connectivity index (χ3v) is 1.87. The van der Waals surface area contributed by atoms with Gasteiger partial charge < -0.3 is 4.74 Å². The number of aldehydes is 1. The molecule has 2 heterocycles. The lowest BCUT2D eigenvalue weighted by atomic mass is 10.4. The summed E-state index contributed by atoms with van der Waals surface area (Å²) in [6.07, 6.45) is 3.66. The maximum Gasteiger partial charge on any atom is 0.165 e. The molecule has 6 heteroatoms. The number of hydrogen-bond acceptors (Lipinski definition) is 5. The van der Waals surface area contributed by atoms with Crippen LogP contribution in [0.25, 0.3) is 0 Å². The quantitative estimate of drug-likeness (QED) is 0.594. The average molecular weight is 182 g/mol. The molecule has 1 N–H and O–H groups in total. The molecule has 1 aromatic heterocycles. The van der Waals surface area contributed by atoms with Crippen molar-refractivity contribution in [2.24, 2.45) is 0 Å². The Kier molecular flexibility index (Phi) is 2.33. The first-order valence-corrected chi connectivity index (χ1v) is 4.07. The fourth-order valence-electron chi connectivity index (χ4n) is 1.28. The van der Waals surface area contributed by atoms with Crippen LogP contribution in [0.5, 0.6) is 0 Å². The predicted molar refractivity (Wildman–Crippen MR) is 42.7 cm³/mol. The van der Waals surface area contributed by atoms with Gasteiger partial charge in [-0.2, -0.15) is 0 Å². The summed E-state index contributed by atoms with van der Waals surface area (Å²) in [6.45, 7) is 1.29.